The predicted molar refractivity (Wildman–Crippen MR) is 56.9 cm³/mol. The van der Waals surface area contributed by atoms with E-state index < -0.39 is 12.7 Å². The van der Waals surface area contributed by atoms with Gasteiger partial charge in [0.25, 0.3) is 0 Å². The fourth-order valence-electron chi connectivity index (χ4n) is 1.17. The van der Waals surface area contributed by atoms with Crippen LogP contribution in [0, 0.1) is 0 Å². The minimum absolute atomic E-state index is 0.00773. The number of aromatic nitrogens is 1. The number of nitrogens with one attached hydrogen (secondary N) is 1. The third kappa shape index (κ3) is 5.65. The maximum atomic E-state index is 11.8. The molecule has 0 aliphatic rings. The highest BCUT2D eigenvalue weighted by Crippen LogP contribution is 2.14. The van der Waals surface area contributed by atoms with Crippen LogP contribution in [0.5, 0.6) is 0 Å². The average molecular weight is 267 g/mol. The summed E-state index contributed by atoms with van der Waals surface area (Å²) in [6.45, 7) is -1.51. The lowest BCUT2D eigenvalue weighted by molar-refractivity contribution is -0.127. The molecule has 0 unspecified atom stereocenters. The fourth-order valence-corrected chi connectivity index (χ4v) is 1.35. The molecule has 1 aromatic heterocycles. The molecular weight excluding hydrogens is 257 g/mol. The normalized spacial score (nSPS) is 11.5. The van der Waals surface area contributed by atoms with Crippen LogP contribution in [0.15, 0.2) is 18.5 Å². The van der Waals surface area contributed by atoms with Gasteiger partial charge in [0.05, 0.1) is 18.1 Å². The van der Waals surface area contributed by atoms with E-state index in [-0.39, 0.29) is 18.7 Å². The van der Waals surface area contributed by atoms with Gasteiger partial charge in [-0.05, 0) is 11.6 Å². The van der Waals surface area contributed by atoms with Gasteiger partial charge in [0.2, 0.25) is 0 Å². The molecule has 3 nitrogen and oxygen atoms in total. The first-order valence-electron chi connectivity index (χ1n) is 4.76. The van der Waals surface area contributed by atoms with Gasteiger partial charge in [0.15, 0.2) is 5.78 Å². The minimum Gasteiger partial charge on any atom is -0.302 e. The Morgan fingerprint density at radius 2 is 2.18 bits per heavy atom. The summed E-state index contributed by atoms with van der Waals surface area (Å²) >= 11 is 5.76. The van der Waals surface area contributed by atoms with Gasteiger partial charge in [-0.1, -0.05) is 11.6 Å². The zero-order valence-electron chi connectivity index (χ0n) is 8.72. The summed E-state index contributed by atoms with van der Waals surface area (Å²) in [5.41, 5.74) is 0.556. The molecule has 17 heavy (non-hydrogen) atoms. The molecule has 1 aromatic rings. The lowest BCUT2D eigenvalue weighted by atomic mass is 10.1. The van der Waals surface area contributed by atoms with E-state index in [9.17, 15) is 18.0 Å². The molecule has 0 radical (unpaired) electrons. The van der Waals surface area contributed by atoms with E-state index in [0.717, 1.165) is 0 Å². The van der Waals surface area contributed by atoms with Crippen molar-refractivity contribution >= 4 is 17.4 Å². The second-order valence-electron chi connectivity index (χ2n) is 3.40. The lowest BCUT2D eigenvalue weighted by Crippen LogP contribution is -2.33. The SMILES string of the molecule is O=C(CNCC(F)(F)F)Cc1ccncc1Cl. The number of ketones is 1. The van der Waals surface area contributed by atoms with E-state index in [1.165, 1.54) is 12.4 Å². The van der Waals surface area contributed by atoms with E-state index >= 15 is 0 Å². The summed E-state index contributed by atoms with van der Waals surface area (Å²) in [4.78, 5) is 15.1. The lowest BCUT2D eigenvalue weighted by Gasteiger charge is -2.07. The summed E-state index contributed by atoms with van der Waals surface area (Å²) < 4.78 is 35.4. The number of Topliss-reactive ketones (excluding diaryl/α,β-unsaturated/α-hetero) is 1. The van der Waals surface area contributed by atoms with Crippen LogP contribution in [0.2, 0.25) is 5.02 Å². The van der Waals surface area contributed by atoms with Crippen LogP contribution >= 0.6 is 11.6 Å². The molecular formula is C10H10ClF3N2O. The molecule has 0 amide bonds. The van der Waals surface area contributed by atoms with Crippen molar-refractivity contribution in [3.8, 4) is 0 Å². The van der Waals surface area contributed by atoms with Gasteiger partial charge in [-0.15, -0.1) is 0 Å². The number of hydrogen-bond donors (Lipinski definition) is 1. The smallest absolute Gasteiger partial charge is 0.302 e. The molecule has 0 saturated heterocycles. The Labute approximate surface area is 101 Å². The van der Waals surface area contributed by atoms with Crippen LogP contribution in [0.25, 0.3) is 0 Å². The van der Waals surface area contributed by atoms with Crippen LogP contribution in [0.1, 0.15) is 5.56 Å². The maximum Gasteiger partial charge on any atom is 0.401 e. The van der Waals surface area contributed by atoms with Crippen LogP contribution in [0.4, 0.5) is 13.2 Å². The standard InChI is InChI=1S/C10H10ClF3N2O/c11-9-5-15-2-1-7(9)3-8(17)4-16-6-10(12,13)14/h1-2,5,16H,3-4,6H2. The first-order chi connectivity index (χ1) is 7.88. The van der Waals surface area contributed by atoms with Crippen LogP contribution in [-0.4, -0.2) is 30.0 Å². The second-order valence-corrected chi connectivity index (χ2v) is 3.81. The zero-order valence-corrected chi connectivity index (χ0v) is 9.48. The molecule has 1 N–H and O–H groups in total. The molecule has 1 rings (SSSR count). The van der Waals surface area contributed by atoms with E-state index in [2.05, 4.69) is 4.98 Å². The Bertz CT molecular complexity index is 395. The van der Waals surface area contributed by atoms with E-state index in [1.54, 1.807) is 6.07 Å². The van der Waals surface area contributed by atoms with E-state index in [4.69, 9.17) is 11.6 Å². The number of nitrogens with zero attached hydrogens (tertiary/aromatic N) is 1. The van der Waals surface area contributed by atoms with Gasteiger partial charge in [0, 0.05) is 18.8 Å². The molecule has 0 aromatic carbocycles. The summed E-state index contributed by atoms with van der Waals surface area (Å²) in [5, 5.41) is 2.36. The minimum atomic E-state index is -4.31. The monoisotopic (exact) mass is 266 g/mol. The van der Waals surface area contributed by atoms with Crippen molar-refractivity contribution < 1.29 is 18.0 Å². The fraction of sp³-hybridized carbons (Fsp3) is 0.400. The number of alkyl halides is 3. The number of carbonyl (C=O) groups is 1. The van der Waals surface area contributed by atoms with Crippen molar-refractivity contribution in [1.82, 2.24) is 10.3 Å². The first-order valence-corrected chi connectivity index (χ1v) is 5.14. The Morgan fingerprint density at radius 3 is 2.76 bits per heavy atom. The predicted octanol–water partition coefficient (Wildman–Crippen LogP) is 2.00. The molecule has 1 heterocycles. The summed E-state index contributed by atoms with van der Waals surface area (Å²) in [6.07, 6.45) is -1.47. The number of rotatable bonds is 5. The highest BCUT2D eigenvalue weighted by atomic mass is 35.5. The Hall–Kier alpha value is -1.14. The molecule has 0 fully saturated rings. The number of hydrogen-bond acceptors (Lipinski definition) is 3. The highest BCUT2D eigenvalue weighted by Gasteiger charge is 2.26. The Kier molecular flexibility index (Phi) is 4.89. The van der Waals surface area contributed by atoms with Gasteiger partial charge in [0.1, 0.15) is 0 Å². The summed E-state index contributed by atoms with van der Waals surface area (Å²) in [6, 6.07) is 1.56. The van der Waals surface area contributed by atoms with Crippen molar-refractivity contribution in [2.45, 2.75) is 12.6 Å². The van der Waals surface area contributed by atoms with Gasteiger partial charge in [-0.3, -0.25) is 9.78 Å². The number of pyridine rings is 1. The summed E-state index contributed by atoms with van der Waals surface area (Å²) in [7, 11) is 0. The van der Waals surface area contributed by atoms with E-state index in [1.807, 2.05) is 5.32 Å². The molecule has 7 heteroatoms. The molecule has 0 saturated carbocycles. The van der Waals surface area contributed by atoms with Crippen LogP contribution in [-0.2, 0) is 11.2 Å². The molecule has 0 bridgehead atoms. The van der Waals surface area contributed by atoms with Crippen molar-refractivity contribution in [2.75, 3.05) is 13.1 Å². The third-order valence-electron chi connectivity index (χ3n) is 1.89. The number of halogens is 4. The highest BCUT2D eigenvalue weighted by molar-refractivity contribution is 6.31. The molecule has 0 aliphatic carbocycles. The third-order valence-corrected chi connectivity index (χ3v) is 2.23. The molecule has 94 valence electrons. The second kappa shape index (κ2) is 5.97. The quantitative estimate of drug-likeness (QED) is 0.886. The van der Waals surface area contributed by atoms with Gasteiger partial charge >= 0.3 is 6.18 Å². The molecule has 0 aliphatic heterocycles. The van der Waals surface area contributed by atoms with Crippen LogP contribution < -0.4 is 5.32 Å². The van der Waals surface area contributed by atoms with Crippen molar-refractivity contribution in [1.29, 1.82) is 0 Å². The topological polar surface area (TPSA) is 42.0 Å². The summed E-state index contributed by atoms with van der Waals surface area (Å²) in [5.74, 6) is -0.359. The van der Waals surface area contributed by atoms with Crippen molar-refractivity contribution in [3.05, 3.63) is 29.0 Å². The van der Waals surface area contributed by atoms with Gasteiger partial charge in [-0.25, -0.2) is 0 Å². The van der Waals surface area contributed by atoms with Gasteiger partial charge < -0.3 is 5.32 Å². The van der Waals surface area contributed by atoms with Gasteiger partial charge in [-0.2, -0.15) is 13.2 Å². The average Bonchev–Trinajstić information content (AvgIpc) is 2.19. The molecule has 0 spiro atoms. The van der Waals surface area contributed by atoms with Crippen LogP contribution in [0.3, 0.4) is 0 Å². The largest absolute Gasteiger partial charge is 0.401 e. The van der Waals surface area contributed by atoms with Crippen molar-refractivity contribution in [2.24, 2.45) is 0 Å². The Morgan fingerprint density at radius 1 is 1.47 bits per heavy atom. The van der Waals surface area contributed by atoms with Crippen molar-refractivity contribution in [3.63, 3.8) is 0 Å². The maximum absolute atomic E-state index is 11.8. The zero-order chi connectivity index (χ0) is 12.9. The molecule has 0 atom stereocenters. The Balaban J connectivity index is 2.38. The number of carbonyl (C=O) groups excluding carboxylic acids is 1. The van der Waals surface area contributed by atoms with E-state index in [0.29, 0.717) is 10.6 Å². The first kappa shape index (κ1) is 13.9.